The van der Waals surface area contributed by atoms with Crippen LogP contribution in [0.1, 0.15) is 53.8 Å². The number of rotatable bonds is 6. The van der Waals surface area contributed by atoms with Crippen molar-refractivity contribution in [2.45, 2.75) is 51.0 Å². The molecular formula is C20H25F3N4O2. The zero-order valence-electron chi connectivity index (χ0n) is 16.6. The van der Waals surface area contributed by atoms with Crippen molar-refractivity contribution < 1.29 is 22.7 Å². The number of nitrogens with zero attached hydrogens (tertiary/aromatic N) is 2. The Labute approximate surface area is 167 Å². The van der Waals surface area contributed by atoms with Crippen molar-refractivity contribution in [2.75, 3.05) is 19.0 Å². The second-order valence-electron chi connectivity index (χ2n) is 7.27. The van der Waals surface area contributed by atoms with Gasteiger partial charge in [-0.05, 0) is 24.5 Å². The molecule has 0 bridgehead atoms. The molecule has 6 nitrogen and oxygen atoms in total. The molecule has 2 N–H and O–H groups in total. The van der Waals surface area contributed by atoms with Crippen LogP contribution in [0.2, 0.25) is 0 Å². The molecule has 0 unspecified atom stereocenters. The fraction of sp³-hybridized carbons (Fsp3) is 0.500. The van der Waals surface area contributed by atoms with Crippen molar-refractivity contribution >= 4 is 11.7 Å². The highest BCUT2D eigenvalue weighted by molar-refractivity contribution is 5.99. The van der Waals surface area contributed by atoms with E-state index < -0.39 is 24.2 Å². The van der Waals surface area contributed by atoms with Crippen LogP contribution in [0, 0.1) is 0 Å². The SMILES string of the molecule is CCc1ccc([C@H]2C[C@H](C(F)(F)F)n3ncc(C(=O)N[C@@H](C)COC)c3N2)cc1. The number of methoxy groups -OCH3 is 1. The van der Waals surface area contributed by atoms with E-state index in [4.69, 9.17) is 4.74 Å². The molecule has 0 saturated carbocycles. The Bertz CT molecular complexity index is 848. The van der Waals surface area contributed by atoms with Crippen molar-refractivity contribution in [1.82, 2.24) is 15.1 Å². The first kappa shape index (κ1) is 21.2. The molecule has 29 heavy (non-hydrogen) atoms. The minimum atomic E-state index is -4.48. The Kier molecular flexibility index (Phi) is 6.16. The predicted molar refractivity (Wildman–Crippen MR) is 103 cm³/mol. The number of benzene rings is 1. The van der Waals surface area contributed by atoms with E-state index in [2.05, 4.69) is 15.7 Å². The Balaban J connectivity index is 1.93. The van der Waals surface area contributed by atoms with E-state index in [1.807, 2.05) is 31.2 Å². The van der Waals surface area contributed by atoms with E-state index in [1.54, 1.807) is 6.92 Å². The number of nitrogens with one attached hydrogen (secondary N) is 2. The topological polar surface area (TPSA) is 68.2 Å². The second kappa shape index (κ2) is 8.44. The van der Waals surface area contributed by atoms with Crippen molar-refractivity contribution in [3.05, 3.63) is 47.2 Å². The molecule has 1 aromatic carbocycles. The fourth-order valence-corrected chi connectivity index (χ4v) is 3.53. The number of ether oxygens (including phenoxy) is 1. The number of anilines is 1. The van der Waals surface area contributed by atoms with Crippen LogP contribution in [0.5, 0.6) is 0 Å². The monoisotopic (exact) mass is 410 g/mol. The minimum absolute atomic E-state index is 0.0743. The molecule has 0 fully saturated rings. The predicted octanol–water partition coefficient (Wildman–Crippen LogP) is 3.87. The van der Waals surface area contributed by atoms with Crippen molar-refractivity contribution in [2.24, 2.45) is 0 Å². The molecule has 1 amide bonds. The minimum Gasteiger partial charge on any atom is -0.383 e. The van der Waals surface area contributed by atoms with Crippen LogP contribution in [0.3, 0.4) is 0 Å². The number of fused-ring (bicyclic) bond motifs is 1. The van der Waals surface area contributed by atoms with E-state index in [-0.39, 0.29) is 23.8 Å². The van der Waals surface area contributed by atoms with Gasteiger partial charge in [-0.25, -0.2) is 4.68 Å². The van der Waals surface area contributed by atoms with Gasteiger partial charge in [-0.1, -0.05) is 31.2 Å². The highest BCUT2D eigenvalue weighted by Gasteiger charge is 2.47. The molecule has 9 heteroatoms. The number of aryl methyl sites for hydroxylation is 1. The highest BCUT2D eigenvalue weighted by Crippen LogP contribution is 2.44. The fourth-order valence-electron chi connectivity index (χ4n) is 3.53. The molecule has 2 heterocycles. The summed E-state index contributed by atoms with van der Waals surface area (Å²) in [6.45, 7) is 4.06. The average molecular weight is 410 g/mol. The standard InChI is InChI=1S/C20H25F3N4O2/c1-4-13-5-7-14(8-6-13)16-9-17(20(21,22)23)27-18(26-16)15(10-24-27)19(28)25-12(2)11-29-3/h5-8,10,12,16-17,26H,4,9,11H2,1-3H3,(H,25,28)/t12-,16+,17+/m0/s1. The summed E-state index contributed by atoms with van der Waals surface area (Å²) in [4.78, 5) is 12.6. The summed E-state index contributed by atoms with van der Waals surface area (Å²) in [6.07, 6.45) is -2.66. The van der Waals surface area contributed by atoms with Crippen molar-refractivity contribution in [3.63, 3.8) is 0 Å². The van der Waals surface area contributed by atoms with Gasteiger partial charge in [-0.15, -0.1) is 0 Å². The number of hydrogen-bond donors (Lipinski definition) is 2. The Morgan fingerprint density at radius 1 is 1.38 bits per heavy atom. The molecule has 0 spiro atoms. The zero-order chi connectivity index (χ0) is 21.2. The maximum atomic E-state index is 13.7. The van der Waals surface area contributed by atoms with Crippen LogP contribution in [-0.2, 0) is 11.2 Å². The number of carbonyl (C=O) groups excluding carboxylic acids is 1. The maximum Gasteiger partial charge on any atom is 0.410 e. The van der Waals surface area contributed by atoms with Crippen molar-refractivity contribution in [3.8, 4) is 0 Å². The summed E-state index contributed by atoms with van der Waals surface area (Å²) in [6, 6.07) is 4.79. The number of aromatic nitrogens is 2. The van der Waals surface area contributed by atoms with Crippen LogP contribution >= 0.6 is 0 Å². The van der Waals surface area contributed by atoms with Gasteiger partial charge in [-0.3, -0.25) is 4.79 Å². The van der Waals surface area contributed by atoms with Crippen LogP contribution < -0.4 is 10.6 Å². The molecule has 158 valence electrons. The van der Waals surface area contributed by atoms with Gasteiger partial charge in [0.25, 0.3) is 5.91 Å². The molecule has 3 rings (SSSR count). The lowest BCUT2D eigenvalue weighted by Crippen LogP contribution is -2.38. The van der Waals surface area contributed by atoms with Crippen LogP contribution in [0.15, 0.2) is 30.5 Å². The lowest BCUT2D eigenvalue weighted by Gasteiger charge is -2.34. The van der Waals surface area contributed by atoms with E-state index >= 15 is 0 Å². The molecule has 0 aliphatic carbocycles. The molecular weight excluding hydrogens is 385 g/mol. The summed E-state index contributed by atoms with van der Waals surface area (Å²) >= 11 is 0. The van der Waals surface area contributed by atoms with Crippen molar-refractivity contribution in [1.29, 1.82) is 0 Å². The summed E-state index contributed by atoms with van der Waals surface area (Å²) in [5, 5.41) is 9.69. The lowest BCUT2D eigenvalue weighted by molar-refractivity contribution is -0.173. The van der Waals surface area contributed by atoms with Gasteiger partial charge in [0, 0.05) is 19.6 Å². The first-order valence-corrected chi connectivity index (χ1v) is 9.54. The summed E-state index contributed by atoms with van der Waals surface area (Å²) in [7, 11) is 1.51. The quantitative estimate of drug-likeness (QED) is 0.759. The van der Waals surface area contributed by atoms with Gasteiger partial charge in [0.1, 0.15) is 11.4 Å². The van der Waals surface area contributed by atoms with E-state index in [0.717, 1.165) is 22.2 Å². The first-order valence-electron chi connectivity index (χ1n) is 9.54. The molecule has 0 saturated heterocycles. The lowest BCUT2D eigenvalue weighted by atomic mass is 9.95. The third kappa shape index (κ3) is 4.55. The Hall–Kier alpha value is -2.55. The van der Waals surface area contributed by atoms with Crippen LogP contribution in [0.25, 0.3) is 0 Å². The molecule has 1 aromatic heterocycles. The molecule has 2 aromatic rings. The molecule has 0 radical (unpaired) electrons. The smallest absolute Gasteiger partial charge is 0.383 e. The number of hydrogen-bond acceptors (Lipinski definition) is 4. The number of carbonyl (C=O) groups is 1. The first-order chi connectivity index (χ1) is 13.7. The number of amides is 1. The van der Waals surface area contributed by atoms with Crippen LogP contribution in [0.4, 0.5) is 19.0 Å². The van der Waals surface area contributed by atoms with Gasteiger partial charge < -0.3 is 15.4 Å². The van der Waals surface area contributed by atoms with Gasteiger partial charge in [0.15, 0.2) is 6.04 Å². The Morgan fingerprint density at radius 3 is 2.66 bits per heavy atom. The van der Waals surface area contributed by atoms with Gasteiger partial charge in [-0.2, -0.15) is 18.3 Å². The number of alkyl halides is 3. The van der Waals surface area contributed by atoms with E-state index in [0.29, 0.717) is 6.61 Å². The molecule has 3 atom stereocenters. The highest BCUT2D eigenvalue weighted by atomic mass is 19.4. The molecule has 1 aliphatic rings. The largest absolute Gasteiger partial charge is 0.410 e. The Morgan fingerprint density at radius 2 is 2.07 bits per heavy atom. The van der Waals surface area contributed by atoms with Gasteiger partial charge in [0.05, 0.1) is 18.8 Å². The summed E-state index contributed by atoms with van der Waals surface area (Å²) in [5.74, 6) is -0.420. The molecule has 1 aliphatic heterocycles. The van der Waals surface area contributed by atoms with E-state index in [9.17, 15) is 18.0 Å². The average Bonchev–Trinajstić information content (AvgIpc) is 3.10. The normalized spacial score (nSPS) is 19.9. The van der Waals surface area contributed by atoms with Gasteiger partial charge >= 0.3 is 6.18 Å². The summed E-state index contributed by atoms with van der Waals surface area (Å²) in [5.41, 5.74) is 1.93. The number of halogens is 3. The summed E-state index contributed by atoms with van der Waals surface area (Å²) < 4.78 is 47.1. The van der Waals surface area contributed by atoms with E-state index in [1.165, 1.54) is 13.3 Å². The van der Waals surface area contributed by atoms with Crippen LogP contribution in [-0.4, -0.2) is 41.6 Å². The third-order valence-electron chi connectivity index (χ3n) is 5.07. The van der Waals surface area contributed by atoms with Gasteiger partial charge in [0.2, 0.25) is 0 Å². The zero-order valence-corrected chi connectivity index (χ0v) is 16.6. The maximum absolute atomic E-state index is 13.7. The second-order valence-corrected chi connectivity index (χ2v) is 7.27. The third-order valence-corrected chi connectivity index (χ3v) is 5.07.